The van der Waals surface area contributed by atoms with Gasteiger partial charge in [0.2, 0.25) is 5.95 Å². The molecule has 1 aliphatic carbocycles. The van der Waals surface area contributed by atoms with Gasteiger partial charge in [0.25, 0.3) is 0 Å². The molecule has 1 aromatic heterocycles. The summed E-state index contributed by atoms with van der Waals surface area (Å²) in [6, 6.07) is 3.20. The van der Waals surface area contributed by atoms with Crippen LogP contribution in [0.25, 0.3) is 11.0 Å². The molecule has 0 atom stereocenters. The Morgan fingerprint density at radius 1 is 1.35 bits per heavy atom. The van der Waals surface area contributed by atoms with E-state index in [4.69, 9.17) is 5.73 Å². The standard InChI is InChI=1S/C15H19BrFN3/c16-11-8-13-14(9-12(11)17)20(15(18)19-13)7-3-6-10-4-1-2-5-10/h8-10H,1-7H2,(H2,18,19). The van der Waals surface area contributed by atoms with Crippen molar-refractivity contribution in [3.63, 3.8) is 0 Å². The van der Waals surface area contributed by atoms with Crippen molar-refractivity contribution in [3.8, 4) is 0 Å². The molecule has 5 heteroatoms. The number of aryl methyl sites for hydroxylation is 1. The number of fused-ring (bicyclic) bond motifs is 1. The maximum absolute atomic E-state index is 13.7. The fourth-order valence-corrected chi connectivity index (χ4v) is 3.54. The molecule has 20 heavy (non-hydrogen) atoms. The van der Waals surface area contributed by atoms with Gasteiger partial charge in [-0.3, -0.25) is 0 Å². The van der Waals surface area contributed by atoms with Crippen LogP contribution in [-0.4, -0.2) is 9.55 Å². The van der Waals surface area contributed by atoms with E-state index in [9.17, 15) is 4.39 Å². The number of nitrogens with zero attached hydrogens (tertiary/aromatic N) is 2. The van der Waals surface area contributed by atoms with Crippen molar-refractivity contribution in [2.45, 2.75) is 45.1 Å². The van der Waals surface area contributed by atoms with Gasteiger partial charge >= 0.3 is 0 Å². The Bertz CT molecular complexity index is 617. The summed E-state index contributed by atoms with van der Waals surface area (Å²) in [6.07, 6.45) is 7.79. The second kappa shape index (κ2) is 5.72. The van der Waals surface area contributed by atoms with Crippen LogP contribution in [0, 0.1) is 11.7 Å². The first-order valence-electron chi connectivity index (χ1n) is 7.26. The van der Waals surface area contributed by atoms with Gasteiger partial charge in [-0.15, -0.1) is 0 Å². The Morgan fingerprint density at radius 3 is 2.85 bits per heavy atom. The van der Waals surface area contributed by atoms with Crippen LogP contribution in [0.1, 0.15) is 38.5 Å². The van der Waals surface area contributed by atoms with Crippen LogP contribution in [0.3, 0.4) is 0 Å². The van der Waals surface area contributed by atoms with Crippen LogP contribution < -0.4 is 5.73 Å². The van der Waals surface area contributed by atoms with Crippen molar-refractivity contribution >= 4 is 32.9 Å². The van der Waals surface area contributed by atoms with E-state index in [0.717, 1.165) is 29.9 Å². The molecule has 1 saturated carbocycles. The molecule has 0 amide bonds. The minimum Gasteiger partial charge on any atom is -0.369 e. The summed E-state index contributed by atoms with van der Waals surface area (Å²) in [6.45, 7) is 0.819. The number of nitrogen functional groups attached to an aromatic ring is 1. The number of halogens is 2. The van der Waals surface area contributed by atoms with Gasteiger partial charge in [-0.05, 0) is 40.8 Å². The first kappa shape index (κ1) is 13.9. The summed E-state index contributed by atoms with van der Waals surface area (Å²) < 4.78 is 16.0. The zero-order valence-corrected chi connectivity index (χ0v) is 13.0. The number of rotatable bonds is 4. The lowest BCUT2D eigenvalue weighted by Gasteiger charge is -2.10. The Morgan fingerprint density at radius 2 is 2.10 bits per heavy atom. The van der Waals surface area contributed by atoms with Crippen molar-refractivity contribution in [1.29, 1.82) is 0 Å². The van der Waals surface area contributed by atoms with Crippen LogP contribution in [0.5, 0.6) is 0 Å². The molecule has 0 bridgehead atoms. The molecule has 0 saturated heterocycles. The lowest BCUT2D eigenvalue weighted by molar-refractivity contribution is 0.462. The number of imidazole rings is 1. The lowest BCUT2D eigenvalue weighted by atomic mass is 10.0. The summed E-state index contributed by atoms with van der Waals surface area (Å²) >= 11 is 3.18. The molecule has 3 nitrogen and oxygen atoms in total. The fraction of sp³-hybridized carbons (Fsp3) is 0.533. The van der Waals surface area contributed by atoms with Crippen LogP contribution in [0.15, 0.2) is 16.6 Å². The van der Waals surface area contributed by atoms with Crippen LogP contribution >= 0.6 is 15.9 Å². The Hall–Kier alpha value is -1.10. The molecule has 1 heterocycles. The third kappa shape index (κ3) is 2.68. The number of nitrogens with two attached hydrogens (primary N) is 1. The van der Waals surface area contributed by atoms with Crippen LogP contribution in [-0.2, 0) is 6.54 Å². The fourth-order valence-electron chi connectivity index (χ4n) is 3.21. The van der Waals surface area contributed by atoms with E-state index in [1.807, 2.05) is 4.57 Å². The Balaban J connectivity index is 1.76. The molecule has 1 aliphatic rings. The smallest absolute Gasteiger partial charge is 0.201 e. The van der Waals surface area contributed by atoms with Gasteiger partial charge < -0.3 is 10.3 Å². The predicted molar refractivity (Wildman–Crippen MR) is 83.0 cm³/mol. The van der Waals surface area contributed by atoms with E-state index in [2.05, 4.69) is 20.9 Å². The summed E-state index contributed by atoms with van der Waals surface area (Å²) in [5.41, 5.74) is 7.50. The molecule has 2 aromatic rings. The molecule has 0 radical (unpaired) electrons. The average molecular weight is 340 g/mol. The molecule has 108 valence electrons. The highest BCUT2D eigenvalue weighted by Crippen LogP contribution is 2.30. The Labute approximate surface area is 126 Å². The highest BCUT2D eigenvalue weighted by molar-refractivity contribution is 9.10. The van der Waals surface area contributed by atoms with Crippen molar-refractivity contribution in [2.75, 3.05) is 5.73 Å². The van der Waals surface area contributed by atoms with Crippen LogP contribution in [0.2, 0.25) is 0 Å². The monoisotopic (exact) mass is 339 g/mol. The number of aromatic nitrogens is 2. The van der Waals surface area contributed by atoms with E-state index in [1.54, 1.807) is 6.07 Å². The number of benzene rings is 1. The Kier molecular flexibility index (Phi) is 3.96. The molecule has 1 fully saturated rings. The zero-order chi connectivity index (χ0) is 14.1. The highest BCUT2D eigenvalue weighted by Gasteiger charge is 2.16. The van der Waals surface area contributed by atoms with E-state index in [1.165, 1.54) is 38.2 Å². The van der Waals surface area contributed by atoms with E-state index >= 15 is 0 Å². The largest absolute Gasteiger partial charge is 0.369 e. The highest BCUT2D eigenvalue weighted by atomic mass is 79.9. The topological polar surface area (TPSA) is 43.8 Å². The molecular weight excluding hydrogens is 321 g/mol. The summed E-state index contributed by atoms with van der Waals surface area (Å²) in [5, 5.41) is 0. The molecule has 3 rings (SSSR count). The SMILES string of the molecule is Nc1nc2cc(Br)c(F)cc2n1CCCC1CCCC1. The van der Waals surface area contributed by atoms with Gasteiger partial charge in [0.15, 0.2) is 0 Å². The maximum Gasteiger partial charge on any atom is 0.201 e. The quantitative estimate of drug-likeness (QED) is 0.891. The van der Waals surface area contributed by atoms with E-state index in [0.29, 0.717) is 10.4 Å². The molecule has 0 aliphatic heterocycles. The van der Waals surface area contributed by atoms with Gasteiger partial charge in [-0.25, -0.2) is 9.37 Å². The lowest BCUT2D eigenvalue weighted by Crippen LogP contribution is -2.05. The zero-order valence-electron chi connectivity index (χ0n) is 11.4. The predicted octanol–water partition coefficient (Wildman–Crippen LogP) is 4.49. The maximum atomic E-state index is 13.7. The molecular formula is C15H19BrFN3. The van der Waals surface area contributed by atoms with E-state index < -0.39 is 0 Å². The van der Waals surface area contributed by atoms with Gasteiger partial charge in [-0.2, -0.15) is 0 Å². The molecule has 2 N–H and O–H groups in total. The van der Waals surface area contributed by atoms with Gasteiger partial charge in [0.05, 0.1) is 15.5 Å². The van der Waals surface area contributed by atoms with Crippen molar-refractivity contribution in [3.05, 3.63) is 22.4 Å². The number of anilines is 1. The summed E-state index contributed by atoms with van der Waals surface area (Å²) in [5.74, 6) is 1.08. The summed E-state index contributed by atoms with van der Waals surface area (Å²) in [4.78, 5) is 4.31. The van der Waals surface area contributed by atoms with Crippen molar-refractivity contribution < 1.29 is 4.39 Å². The first-order valence-corrected chi connectivity index (χ1v) is 8.05. The van der Waals surface area contributed by atoms with Crippen molar-refractivity contribution in [1.82, 2.24) is 9.55 Å². The molecule has 0 spiro atoms. The minimum atomic E-state index is -0.269. The van der Waals surface area contributed by atoms with Gasteiger partial charge in [0.1, 0.15) is 5.82 Å². The second-order valence-electron chi connectivity index (χ2n) is 5.67. The van der Waals surface area contributed by atoms with Crippen molar-refractivity contribution in [2.24, 2.45) is 5.92 Å². The second-order valence-corrected chi connectivity index (χ2v) is 6.52. The first-order chi connectivity index (χ1) is 9.65. The number of hydrogen-bond donors (Lipinski definition) is 1. The number of hydrogen-bond acceptors (Lipinski definition) is 2. The van der Waals surface area contributed by atoms with Gasteiger partial charge in [0, 0.05) is 12.6 Å². The minimum absolute atomic E-state index is 0.269. The normalized spacial score (nSPS) is 16.3. The molecule has 0 unspecified atom stereocenters. The van der Waals surface area contributed by atoms with Gasteiger partial charge in [-0.1, -0.05) is 25.7 Å². The third-order valence-electron chi connectivity index (χ3n) is 4.29. The third-order valence-corrected chi connectivity index (χ3v) is 4.90. The van der Waals surface area contributed by atoms with E-state index in [-0.39, 0.29) is 5.82 Å². The summed E-state index contributed by atoms with van der Waals surface area (Å²) in [7, 11) is 0. The average Bonchev–Trinajstić information content (AvgIpc) is 3.01. The van der Waals surface area contributed by atoms with Crippen LogP contribution in [0.4, 0.5) is 10.3 Å². The molecule has 1 aromatic carbocycles.